The Morgan fingerprint density at radius 1 is 0.261 bits per heavy atom. The number of nitrogens with two attached hydrogens (primary N) is 1. The van der Waals surface area contributed by atoms with Crippen LogP contribution in [0, 0.1) is 0 Å². The van der Waals surface area contributed by atoms with Crippen LogP contribution in [-0.4, -0.2) is 47.5 Å². The Hall–Kier alpha value is -7.02. The molecule has 2 N–H and O–H groups in total. The molecule has 10 aliphatic rings. The molecule has 17 rings (SSSR count). The second kappa shape index (κ2) is 31.7. The summed E-state index contributed by atoms with van der Waals surface area (Å²) in [6.45, 7) is 0. The van der Waals surface area contributed by atoms with E-state index in [2.05, 4.69) is 21.6 Å². The van der Waals surface area contributed by atoms with Gasteiger partial charge in [-0.25, -0.2) is 29.0 Å². The number of esters is 4. The van der Waals surface area contributed by atoms with Gasteiger partial charge in [-0.15, -0.1) is 0 Å². The summed E-state index contributed by atoms with van der Waals surface area (Å²) in [7, 11) is 0. The fourth-order valence-corrected chi connectivity index (χ4v) is 14.9. The average Bonchev–Trinajstić information content (AvgIpc) is 1.18. The number of rotatable bonds is 5. The molecule has 13 nitrogen and oxygen atoms in total. The Morgan fingerprint density at radius 3 is 0.685 bits per heavy atom. The molecular formula is C76H79Fe3N3O10. The first-order valence-electron chi connectivity index (χ1n) is 33.0. The largest absolute Gasteiger partial charge is 0.399 e. The molecule has 6 aliphatic carbocycles. The van der Waals surface area contributed by atoms with Crippen LogP contribution in [0.15, 0.2) is 121 Å². The molecule has 0 atom stereocenters. The van der Waals surface area contributed by atoms with E-state index >= 15 is 0 Å². The maximum absolute atomic E-state index is 13.8. The van der Waals surface area contributed by atoms with Crippen molar-refractivity contribution >= 4 is 86.1 Å². The molecule has 4 aliphatic heterocycles. The van der Waals surface area contributed by atoms with E-state index in [-0.39, 0.29) is 84.2 Å². The number of nitrogens with zero attached hydrogens (tertiary/aromatic N) is 2. The molecule has 92 heavy (non-hydrogen) atoms. The van der Waals surface area contributed by atoms with Crippen molar-refractivity contribution in [3.63, 3.8) is 0 Å². The van der Waals surface area contributed by atoms with Crippen molar-refractivity contribution in [3.8, 4) is 0 Å². The minimum atomic E-state index is -0.794. The van der Waals surface area contributed by atoms with Gasteiger partial charge in [-0.3, -0.25) is 19.2 Å². The first kappa shape index (κ1) is 69.3. The van der Waals surface area contributed by atoms with Crippen molar-refractivity contribution in [1.82, 2.24) is 0 Å². The Bertz CT molecular complexity index is 3480. The second-order valence-electron chi connectivity index (χ2n) is 25.5. The third-order valence-corrected chi connectivity index (χ3v) is 19.8. The van der Waals surface area contributed by atoms with Gasteiger partial charge < -0.3 is 15.2 Å². The van der Waals surface area contributed by atoms with E-state index < -0.39 is 47.5 Å². The summed E-state index contributed by atoms with van der Waals surface area (Å²) in [5, 5.41) is 1.31. The molecule has 482 valence electrons. The number of ether oxygens (including phenoxy) is 2. The predicted octanol–water partition coefficient (Wildman–Crippen LogP) is 18.0. The molecule has 6 fully saturated rings. The fourth-order valence-electron chi connectivity index (χ4n) is 14.9. The van der Waals surface area contributed by atoms with Crippen LogP contribution in [0.4, 0.5) is 17.1 Å². The number of hydrogen-bond acceptors (Lipinski definition) is 11. The van der Waals surface area contributed by atoms with E-state index in [4.69, 9.17) is 5.73 Å². The van der Waals surface area contributed by atoms with E-state index in [1.807, 2.05) is 60.7 Å². The molecule has 0 saturated heterocycles. The standard InChI is InChI=1S/C36H30N2O4.C14H4O6.C11H15N.3C5H10.3Fe/c39-33-27-17-19-29-32-30(36(42)38(35(29)41)26-15-11-24(12-16-26)22-7-3-4-8-22)20-18-28(31(27)32)34(40)37(33)25-13-9-23(10-14-25)21-5-1-2-6-21;15-11-5-1-2-6-10-8(14(18)20-12(6)16)4-3-7(9(5)10)13(17)19-11;12-11-7-5-10(6-8-11)9-3-1-2-4-9;3*1-2-4-5-3-1;;;/h9-22H,1-8H2;1-4H;5-9H,1-4,12H2;3*1-5H2;;;. The molecule has 0 bridgehead atoms. The second-order valence-corrected chi connectivity index (χ2v) is 25.5. The monoisotopic (exact) mass is 1360 g/mol. The fraction of sp³-hybridized carbons (Fsp3) is 0.395. The minimum Gasteiger partial charge on any atom is -0.399 e. The number of nitrogen functional groups attached to an aromatic ring is 1. The van der Waals surface area contributed by atoms with Crippen molar-refractivity contribution in [2.24, 2.45) is 0 Å². The number of cyclic esters (lactones) is 4. The van der Waals surface area contributed by atoms with E-state index in [1.165, 1.54) is 224 Å². The quantitative estimate of drug-likeness (QED) is 0.0568. The number of imide groups is 2. The molecule has 0 aromatic heterocycles. The zero-order valence-corrected chi connectivity index (χ0v) is 55.3. The number of benzene rings is 7. The van der Waals surface area contributed by atoms with E-state index in [0.717, 1.165) is 11.6 Å². The summed E-state index contributed by atoms with van der Waals surface area (Å²) >= 11 is 0. The molecule has 7 aromatic carbocycles. The average molecular weight is 1360 g/mol. The number of amides is 4. The summed E-state index contributed by atoms with van der Waals surface area (Å²) < 4.78 is 9.22. The minimum absolute atomic E-state index is 0. The van der Waals surface area contributed by atoms with Crippen LogP contribution < -0.4 is 15.5 Å². The van der Waals surface area contributed by atoms with Crippen LogP contribution in [0.1, 0.15) is 291 Å². The number of carbonyl (C=O) groups is 8. The number of carbonyl (C=O) groups excluding carboxylic acids is 8. The van der Waals surface area contributed by atoms with Crippen LogP contribution >= 0.6 is 0 Å². The summed E-state index contributed by atoms with van der Waals surface area (Å²) in [6, 6.07) is 35.9. The maximum Gasteiger partial charge on any atom is 0.346 e. The van der Waals surface area contributed by atoms with E-state index in [9.17, 15) is 38.4 Å². The first-order valence-corrected chi connectivity index (χ1v) is 33.0. The van der Waals surface area contributed by atoms with Crippen LogP contribution in [0.25, 0.3) is 21.5 Å². The molecule has 0 unspecified atom stereocenters. The van der Waals surface area contributed by atoms with Crippen LogP contribution in [0.5, 0.6) is 0 Å². The summed E-state index contributed by atoms with van der Waals surface area (Å²) in [5.41, 5.74) is 13.4. The van der Waals surface area contributed by atoms with Crippen molar-refractivity contribution in [2.45, 2.75) is 191 Å². The van der Waals surface area contributed by atoms with Gasteiger partial charge in [0.1, 0.15) is 0 Å². The van der Waals surface area contributed by atoms with Crippen molar-refractivity contribution < 1.29 is 99.0 Å². The van der Waals surface area contributed by atoms with Gasteiger partial charge in [-0.2, -0.15) is 0 Å². The SMILES string of the molecule is C1CCCC1.C1CCCC1.C1CCCC1.Nc1ccc(C2CCCC2)cc1.O=C1OC(=O)c2ccc3c4c(ccc1c24)C(=O)OC3=O.O=C1c2ccc3c4c(ccc(c24)C(=O)N1c1ccc(C2CCCC2)cc1)C(=O)N(c1ccc(C2CCCC2)cc1)C3=O.[Fe].[Fe].[Fe]. The first-order chi connectivity index (χ1) is 43.4. The van der Waals surface area contributed by atoms with Crippen molar-refractivity contribution in [2.75, 3.05) is 15.5 Å². The summed E-state index contributed by atoms with van der Waals surface area (Å²) in [4.78, 5) is 105. The van der Waals surface area contributed by atoms with Crippen LogP contribution in [-0.2, 0) is 60.7 Å². The molecule has 16 heteroatoms. The molecule has 0 radical (unpaired) electrons. The topological polar surface area (TPSA) is 188 Å². The zero-order chi connectivity index (χ0) is 61.5. The van der Waals surface area contributed by atoms with E-state index in [1.54, 1.807) is 24.3 Å². The molecule has 6 saturated carbocycles. The third kappa shape index (κ3) is 14.7. The Kier molecular flexibility index (Phi) is 23.9. The van der Waals surface area contributed by atoms with Crippen LogP contribution in [0.2, 0.25) is 0 Å². The van der Waals surface area contributed by atoms with Gasteiger partial charge in [0, 0.05) is 101 Å². The normalized spacial score (nSPS) is 18.5. The van der Waals surface area contributed by atoms with Gasteiger partial charge in [-0.1, -0.05) is 171 Å². The van der Waals surface area contributed by atoms with Crippen molar-refractivity contribution in [3.05, 3.63) is 183 Å². The van der Waals surface area contributed by atoms with E-state index in [0.29, 0.717) is 56.2 Å². The van der Waals surface area contributed by atoms with Crippen molar-refractivity contribution in [1.29, 1.82) is 0 Å². The molecule has 4 amide bonds. The smallest absolute Gasteiger partial charge is 0.346 e. The van der Waals surface area contributed by atoms with Gasteiger partial charge in [0.2, 0.25) is 0 Å². The molecular weight excluding hydrogens is 1280 g/mol. The molecule has 0 spiro atoms. The zero-order valence-electron chi connectivity index (χ0n) is 52.0. The van der Waals surface area contributed by atoms with Gasteiger partial charge in [0.05, 0.1) is 33.6 Å². The summed E-state index contributed by atoms with van der Waals surface area (Å²) in [5.74, 6) is -3.10. The Balaban J connectivity index is 0.000000163. The van der Waals surface area contributed by atoms with Gasteiger partial charge in [0.15, 0.2) is 0 Å². The summed E-state index contributed by atoms with van der Waals surface area (Å²) in [6.07, 6.45) is 37.6. The Labute approximate surface area is 570 Å². The molecule has 7 aromatic rings. The van der Waals surface area contributed by atoms with Crippen LogP contribution in [0.3, 0.4) is 0 Å². The third-order valence-electron chi connectivity index (χ3n) is 19.8. The maximum atomic E-state index is 13.8. The molecule has 4 heterocycles. The van der Waals surface area contributed by atoms with Gasteiger partial charge in [-0.05, 0) is 158 Å². The number of hydrogen-bond donors (Lipinski definition) is 1. The Morgan fingerprint density at radius 2 is 0.457 bits per heavy atom. The number of anilines is 3. The van der Waals surface area contributed by atoms with Gasteiger partial charge in [0.25, 0.3) is 23.6 Å². The predicted molar refractivity (Wildman–Crippen MR) is 346 cm³/mol. The van der Waals surface area contributed by atoms with Gasteiger partial charge >= 0.3 is 23.9 Å².